The van der Waals surface area contributed by atoms with Crippen molar-refractivity contribution in [3.63, 3.8) is 0 Å². The molecule has 0 aromatic carbocycles. The van der Waals surface area contributed by atoms with Crippen molar-refractivity contribution in [3.05, 3.63) is 24.3 Å². The minimum atomic E-state index is -6.33. The summed E-state index contributed by atoms with van der Waals surface area (Å²) in [5.74, 6) is -3.91. The second kappa shape index (κ2) is 7.49. The zero-order valence-corrected chi connectivity index (χ0v) is 11.6. The number of alkyl halides is 6. The molecule has 0 atom stereocenters. The third-order valence-corrected chi connectivity index (χ3v) is 2.36. The fraction of sp³-hybridized carbons (Fsp3) is 0.500. The van der Waals surface area contributed by atoms with Crippen molar-refractivity contribution in [1.82, 2.24) is 0 Å². The average Bonchev–Trinajstić information content (AvgIpc) is 2.39. The number of aliphatic hydroxyl groups is 1. The summed E-state index contributed by atoms with van der Waals surface area (Å²) >= 11 is 0. The van der Waals surface area contributed by atoms with Crippen LogP contribution in [0.2, 0.25) is 0 Å². The maximum atomic E-state index is 12.3. The number of allylic oxidation sites excluding steroid dienone is 2. The van der Waals surface area contributed by atoms with Crippen molar-refractivity contribution in [2.24, 2.45) is 0 Å². The van der Waals surface area contributed by atoms with Gasteiger partial charge < -0.3 is 14.6 Å². The Bertz CT molecular complexity index is 477. The molecule has 0 aromatic rings. The van der Waals surface area contributed by atoms with Gasteiger partial charge in [0.1, 0.15) is 13.2 Å². The van der Waals surface area contributed by atoms with Gasteiger partial charge in [-0.25, -0.2) is 9.59 Å². The highest BCUT2D eigenvalue weighted by Gasteiger charge is 2.76. The van der Waals surface area contributed by atoms with Crippen LogP contribution in [0.5, 0.6) is 0 Å². The van der Waals surface area contributed by atoms with Gasteiger partial charge in [0.05, 0.1) is 0 Å². The zero-order chi connectivity index (χ0) is 18.5. The van der Waals surface area contributed by atoms with Crippen molar-refractivity contribution >= 4 is 11.9 Å². The summed E-state index contributed by atoms with van der Waals surface area (Å²) in [7, 11) is 0. The lowest BCUT2D eigenvalue weighted by Gasteiger charge is -2.29. The predicted molar refractivity (Wildman–Crippen MR) is 62.9 cm³/mol. The highest BCUT2D eigenvalue weighted by atomic mass is 19.4. The molecule has 0 aliphatic heterocycles. The Morgan fingerprint density at radius 2 is 1.48 bits per heavy atom. The first kappa shape index (κ1) is 21.0. The molecule has 0 amide bonds. The number of esters is 2. The van der Waals surface area contributed by atoms with E-state index in [1.807, 2.05) is 0 Å². The number of rotatable bonds is 6. The monoisotopic (exact) mass is 350 g/mol. The van der Waals surface area contributed by atoms with Crippen LogP contribution in [0.3, 0.4) is 0 Å². The van der Waals surface area contributed by atoms with Crippen molar-refractivity contribution in [1.29, 1.82) is 0 Å². The summed E-state index contributed by atoms with van der Waals surface area (Å²) < 4.78 is 82.0. The summed E-state index contributed by atoms with van der Waals surface area (Å²) in [5, 5.41) is 8.67. The lowest BCUT2D eigenvalue weighted by atomic mass is 10.0. The average molecular weight is 350 g/mol. The molecule has 0 aliphatic rings. The van der Waals surface area contributed by atoms with Crippen molar-refractivity contribution in [3.8, 4) is 0 Å². The molecular weight excluding hydrogens is 338 g/mol. The fourth-order valence-electron chi connectivity index (χ4n) is 1.12. The summed E-state index contributed by atoms with van der Waals surface area (Å²) in [6, 6.07) is 0. The lowest BCUT2D eigenvalue weighted by molar-refractivity contribution is -0.357. The van der Waals surface area contributed by atoms with Crippen LogP contribution in [0, 0.1) is 0 Å². The van der Waals surface area contributed by atoms with Crippen LogP contribution < -0.4 is 0 Å². The second-order valence-electron chi connectivity index (χ2n) is 4.06. The van der Waals surface area contributed by atoms with Gasteiger partial charge in [-0.05, 0) is 6.92 Å². The Morgan fingerprint density at radius 3 is 1.87 bits per heavy atom. The van der Waals surface area contributed by atoms with Gasteiger partial charge in [0.15, 0.2) is 0 Å². The van der Waals surface area contributed by atoms with Crippen LogP contribution in [0.4, 0.5) is 26.3 Å². The van der Waals surface area contributed by atoms with Crippen LogP contribution >= 0.6 is 0 Å². The van der Waals surface area contributed by atoms with Crippen LogP contribution in [-0.4, -0.2) is 48.2 Å². The van der Waals surface area contributed by atoms with E-state index in [9.17, 15) is 35.9 Å². The number of carbonyl (C=O) groups is 2. The smallest absolute Gasteiger partial charge is 0.437 e. The molecule has 132 valence electrons. The van der Waals surface area contributed by atoms with Crippen molar-refractivity contribution in [2.75, 3.05) is 13.2 Å². The van der Waals surface area contributed by atoms with E-state index in [0.29, 0.717) is 0 Å². The summed E-state index contributed by atoms with van der Waals surface area (Å²) in [4.78, 5) is 22.2. The molecule has 0 rings (SSSR count). The lowest BCUT2D eigenvalue weighted by Crippen LogP contribution is -2.63. The number of halogens is 6. The van der Waals surface area contributed by atoms with E-state index in [-0.39, 0.29) is 5.57 Å². The van der Waals surface area contributed by atoms with Gasteiger partial charge in [0, 0.05) is 5.57 Å². The van der Waals surface area contributed by atoms with Crippen LogP contribution in [0.25, 0.3) is 0 Å². The highest BCUT2D eigenvalue weighted by molar-refractivity contribution is 5.88. The SMILES string of the molecule is C=C/C=C(\C)C(=O)OCCOC(=O)C(O)(C(F)(F)F)C(F)(F)F. The van der Waals surface area contributed by atoms with E-state index in [1.54, 1.807) is 0 Å². The molecule has 23 heavy (non-hydrogen) atoms. The predicted octanol–water partition coefficient (Wildman–Crippen LogP) is 2.06. The van der Waals surface area contributed by atoms with Crippen LogP contribution in [0.15, 0.2) is 24.3 Å². The number of hydrogen-bond donors (Lipinski definition) is 1. The first-order valence-corrected chi connectivity index (χ1v) is 5.78. The highest BCUT2D eigenvalue weighted by Crippen LogP contribution is 2.43. The van der Waals surface area contributed by atoms with Gasteiger partial charge in [-0.1, -0.05) is 18.7 Å². The Morgan fingerprint density at radius 1 is 1.04 bits per heavy atom. The van der Waals surface area contributed by atoms with Gasteiger partial charge in [-0.3, -0.25) is 0 Å². The molecule has 1 N–H and O–H groups in total. The third-order valence-electron chi connectivity index (χ3n) is 2.36. The molecule has 0 spiro atoms. The van der Waals surface area contributed by atoms with Gasteiger partial charge in [-0.15, -0.1) is 0 Å². The normalized spacial score (nSPS) is 13.5. The molecule has 0 saturated carbocycles. The summed E-state index contributed by atoms with van der Waals surface area (Å²) in [6.45, 7) is 2.67. The molecule has 0 radical (unpaired) electrons. The number of hydrogen-bond acceptors (Lipinski definition) is 5. The van der Waals surface area contributed by atoms with E-state index in [1.165, 1.54) is 19.1 Å². The number of ether oxygens (including phenoxy) is 2. The minimum absolute atomic E-state index is 0.0495. The topological polar surface area (TPSA) is 72.8 Å². The zero-order valence-electron chi connectivity index (χ0n) is 11.6. The third kappa shape index (κ3) is 4.98. The fourth-order valence-corrected chi connectivity index (χ4v) is 1.12. The van der Waals surface area contributed by atoms with Crippen LogP contribution in [0.1, 0.15) is 6.92 Å². The second-order valence-corrected chi connectivity index (χ2v) is 4.06. The van der Waals surface area contributed by atoms with E-state index in [4.69, 9.17) is 5.11 Å². The maximum Gasteiger partial charge on any atom is 0.437 e. The first-order chi connectivity index (χ1) is 10.3. The quantitative estimate of drug-likeness (QED) is 0.261. The summed E-state index contributed by atoms with van der Waals surface area (Å²) in [6.07, 6.45) is -10.2. The van der Waals surface area contributed by atoms with Gasteiger partial charge >= 0.3 is 29.9 Å². The summed E-state index contributed by atoms with van der Waals surface area (Å²) in [5.41, 5.74) is -5.61. The molecule has 0 aromatic heterocycles. The molecule has 0 fully saturated rings. The molecule has 0 aliphatic carbocycles. The van der Waals surface area contributed by atoms with E-state index in [0.717, 1.165) is 0 Å². The molecule has 0 unspecified atom stereocenters. The molecule has 0 heterocycles. The van der Waals surface area contributed by atoms with Crippen LogP contribution in [-0.2, 0) is 19.1 Å². The molecule has 0 saturated heterocycles. The molecule has 0 bridgehead atoms. The number of carbonyl (C=O) groups excluding carboxylic acids is 2. The Hall–Kier alpha value is -2.04. The van der Waals surface area contributed by atoms with Gasteiger partial charge in [0.25, 0.3) is 0 Å². The first-order valence-electron chi connectivity index (χ1n) is 5.78. The minimum Gasteiger partial charge on any atom is -0.459 e. The maximum absolute atomic E-state index is 12.3. The van der Waals surface area contributed by atoms with E-state index >= 15 is 0 Å². The molecular formula is C12H12F6O5. The van der Waals surface area contributed by atoms with Crippen molar-refractivity contribution in [2.45, 2.75) is 24.9 Å². The van der Waals surface area contributed by atoms with Gasteiger partial charge in [-0.2, -0.15) is 26.3 Å². The Balaban J connectivity index is 4.74. The van der Waals surface area contributed by atoms with E-state index in [2.05, 4.69) is 16.1 Å². The standard InChI is InChI=1S/C12H12F6O5/c1-3-4-7(2)8(19)22-5-6-23-9(20)10(21,11(13,14)15)12(16,17)18/h3-4,21H,1,5-6H2,2H3/b7-4+. The molecule has 11 heteroatoms. The Kier molecular flexibility index (Phi) is 6.82. The van der Waals surface area contributed by atoms with E-state index < -0.39 is 43.1 Å². The van der Waals surface area contributed by atoms with Gasteiger partial charge in [0.2, 0.25) is 0 Å². The molecule has 5 nitrogen and oxygen atoms in total. The Labute approximate surface area is 126 Å². The van der Waals surface area contributed by atoms with Crippen molar-refractivity contribution < 1.29 is 50.5 Å². The largest absolute Gasteiger partial charge is 0.459 e.